The van der Waals surface area contributed by atoms with Gasteiger partial charge in [-0.05, 0) is 67.2 Å². The van der Waals surface area contributed by atoms with Crippen molar-refractivity contribution in [3.63, 3.8) is 0 Å². The van der Waals surface area contributed by atoms with Crippen LogP contribution >= 0.6 is 0 Å². The quantitative estimate of drug-likeness (QED) is 0.517. The lowest BCUT2D eigenvalue weighted by molar-refractivity contribution is 0.336. The second-order valence-electron chi connectivity index (χ2n) is 4.35. The Balaban J connectivity index is 3.23. The van der Waals surface area contributed by atoms with E-state index in [1.165, 1.54) is 0 Å². The molecule has 0 fully saturated rings. The average Bonchev–Trinajstić information content (AvgIpc) is 2.02. The standard InChI is InChI=1S/C10H24BN3/c1-12(2)7-5-9-14(11)10-6-8-13(3)4/h5-10H2,1-4H3. The minimum Gasteiger partial charge on any atom is -0.353 e. The van der Waals surface area contributed by atoms with Crippen molar-refractivity contribution < 1.29 is 0 Å². The molecule has 0 aromatic heterocycles. The van der Waals surface area contributed by atoms with E-state index in [-0.39, 0.29) is 0 Å². The molecule has 4 heteroatoms. The fraction of sp³-hybridized carbons (Fsp3) is 1.00. The van der Waals surface area contributed by atoms with E-state index in [0.717, 1.165) is 39.0 Å². The van der Waals surface area contributed by atoms with Gasteiger partial charge in [0, 0.05) is 0 Å². The molecule has 0 bridgehead atoms. The number of hydrogen-bond acceptors (Lipinski definition) is 3. The molecule has 0 heterocycles. The topological polar surface area (TPSA) is 9.72 Å². The molecule has 0 saturated carbocycles. The summed E-state index contributed by atoms with van der Waals surface area (Å²) in [6.45, 7) is 4.21. The zero-order chi connectivity index (χ0) is 11.0. The first-order chi connectivity index (χ1) is 6.52. The lowest BCUT2D eigenvalue weighted by atomic mass is 10.2. The zero-order valence-electron chi connectivity index (χ0n) is 10.2. The second-order valence-corrected chi connectivity index (χ2v) is 4.35. The van der Waals surface area contributed by atoms with E-state index in [1.807, 2.05) is 4.81 Å². The van der Waals surface area contributed by atoms with E-state index in [4.69, 9.17) is 7.98 Å². The Bertz CT molecular complexity index is 115. The maximum absolute atomic E-state index is 5.84. The SMILES string of the molecule is [B]N(CCCN(C)C)CCCN(C)C. The molecule has 0 N–H and O–H groups in total. The minimum atomic E-state index is 0.992. The van der Waals surface area contributed by atoms with Crippen LogP contribution < -0.4 is 0 Å². The van der Waals surface area contributed by atoms with Crippen molar-refractivity contribution in [1.29, 1.82) is 0 Å². The first kappa shape index (κ1) is 13.9. The molecule has 0 atom stereocenters. The highest BCUT2D eigenvalue weighted by molar-refractivity contribution is 6.04. The molecule has 0 aliphatic rings. The predicted octanol–water partition coefficient (Wildman–Crippen LogP) is 0.275. The lowest BCUT2D eigenvalue weighted by Crippen LogP contribution is -2.28. The van der Waals surface area contributed by atoms with Crippen LogP contribution in [0, 0.1) is 0 Å². The summed E-state index contributed by atoms with van der Waals surface area (Å²) in [6, 6.07) is 0. The highest BCUT2D eigenvalue weighted by atomic mass is 15.1. The molecule has 0 aliphatic carbocycles. The van der Waals surface area contributed by atoms with Crippen molar-refractivity contribution in [2.24, 2.45) is 0 Å². The zero-order valence-corrected chi connectivity index (χ0v) is 10.2. The molecule has 0 aliphatic heterocycles. The van der Waals surface area contributed by atoms with Crippen LogP contribution in [-0.4, -0.2) is 77.0 Å². The van der Waals surface area contributed by atoms with Gasteiger partial charge in [-0.25, -0.2) is 0 Å². The van der Waals surface area contributed by atoms with Crippen LogP contribution in [0.5, 0.6) is 0 Å². The van der Waals surface area contributed by atoms with Crippen molar-refractivity contribution in [2.75, 3.05) is 54.4 Å². The van der Waals surface area contributed by atoms with Crippen LogP contribution in [-0.2, 0) is 0 Å². The molecule has 0 unspecified atom stereocenters. The smallest absolute Gasteiger partial charge is 0.182 e. The summed E-state index contributed by atoms with van der Waals surface area (Å²) < 4.78 is 0. The Kier molecular flexibility index (Phi) is 8.24. The molecule has 2 radical (unpaired) electrons. The molecule has 0 aromatic rings. The van der Waals surface area contributed by atoms with Crippen molar-refractivity contribution in [3.05, 3.63) is 0 Å². The Morgan fingerprint density at radius 2 is 1.07 bits per heavy atom. The monoisotopic (exact) mass is 197 g/mol. The molecule has 0 aromatic carbocycles. The van der Waals surface area contributed by atoms with Gasteiger partial charge in [0.15, 0.2) is 7.98 Å². The van der Waals surface area contributed by atoms with Crippen LogP contribution in [0.1, 0.15) is 12.8 Å². The van der Waals surface area contributed by atoms with E-state index >= 15 is 0 Å². The van der Waals surface area contributed by atoms with Gasteiger partial charge in [0.1, 0.15) is 0 Å². The van der Waals surface area contributed by atoms with Crippen LogP contribution in [0.25, 0.3) is 0 Å². The maximum atomic E-state index is 5.84. The van der Waals surface area contributed by atoms with Gasteiger partial charge in [-0.1, -0.05) is 0 Å². The van der Waals surface area contributed by atoms with Crippen molar-refractivity contribution >= 4 is 7.98 Å². The Morgan fingerprint density at radius 1 is 0.714 bits per heavy atom. The van der Waals surface area contributed by atoms with Crippen molar-refractivity contribution in [3.8, 4) is 0 Å². The molecule has 0 rings (SSSR count). The van der Waals surface area contributed by atoms with Gasteiger partial charge < -0.3 is 14.6 Å². The maximum Gasteiger partial charge on any atom is 0.182 e. The molecule has 0 amide bonds. The third kappa shape index (κ3) is 10.0. The Labute approximate surface area is 90.5 Å². The normalized spacial score (nSPS) is 11.9. The first-order valence-corrected chi connectivity index (χ1v) is 5.31. The lowest BCUT2D eigenvalue weighted by Gasteiger charge is -2.19. The largest absolute Gasteiger partial charge is 0.353 e. The van der Waals surface area contributed by atoms with Gasteiger partial charge in [-0.3, -0.25) is 0 Å². The fourth-order valence-electron chi connectivity index (χ4n) is 1.29. The summed E-state index contributed by atoms with van der Waals surface area (Å²) in [4.78, 5) is 6.30. The Morgan fingerprint density at radius 3 is 1.36 bits per heavy atom. The molecule has 0 spiro atoms. The van der Waals surface area contributed by atoms with Crippen LogP contribution in [0.15, 0.2) is 0 Å². The van der Waals surface area contributed by atoms with E-state index in [2.05, 4.69) is 38.0 Å². The van der Waals surface area contributed by atoms with E-state index in [1.54, 1.807) is 0 Å². The molecule has 82 valence electrons. The molecule has 0 saturated heterocycles. The number of rotatable bonds is 8. The third-order valence-electron chi connectivity index (χ3n) is 2.10. The van der Waals surface area contributed by atoms with Gasteiger partial charge in [0.05, 0.1) is 0 Å². The van der Waals surface area contributed by atoms with Crippen molar-refractivity contribution in [1.82, 2.24) is 14.6 Å². The Hall–Kier alpha value is -0.0551. The summed E-state index contributed by atoms with van der Waals surface area (Å²) in [7, 11) is 14.2. The minimum absolute atomic E-state index is 0.992. The highest BCUT2D eigenvalue weighted by Crippen LogP contribution is 1.92. The predicted molar refractivity (Wildman–Crippen MR) is 63.7 cm³/mol. The summed E-state index contributed by atoms with van der Waals surface area (Å²) >= 11 is 0. The number of hydrogen-bond donors (Lipinski definition) is 0. The van der Waals surface area contributed by atoms with Crippen LogP contribution in [0.4, 0.5) is 0 Å². The summed E-state index contributed by atoms with van der Waals surface area (Å²) in [5.74, 6) is 0. The molecule has 14 heavy (non-hydrogen) atoms. The second kappa shape index (κ2) is 8.27. The van der Waals surface area contributed by atoms with Crippen LogP contribution in [0.2, 0.25) is 0 Å². The van der Waals surface area contributed by atoms with E-state index in [9.17, 15) is 0 Å². The van der Waals surface area contributed by atoms with Crippen LogP contribution in [0.3, 0.4) is 0 Å². The molecule has 3 nitrogen and oxygen atoms in total. The molecular weight excluding hydrogens is 173 g/mol. The van der Waals surface area contributed by atoms with E-state index < -0.39 is 0 Å². The van der Waals surface area contributed by atoms with Crippen molar-refractivity contribution in [2.45, 2.75) is 12.8 Å². The van der Waals surface area contributed by atoms with Gasteiger partial charge in [0.25, 0.3) is 0 Å². The average molecular weight is 197 g/mol. The summed E-state index contributed by atoms with van der Waals surface area (Å²) in [6.07, 6.45) is 2.29. The van der Waals surface area contributed by atoms with Gasteiger partial charge >= 0.3 is 0 Å². The van der Waals surface area contributed by atoms with E-state index in [0.29, 0.717) is 0 Å². The fourth-order valence-corrected chi connectivity index (χ4v) is 1.29. The number of nitrogens with zero attached hydrogens (tertiary/aromatic N) is 3. The first-order valence-electron chi connectivity index (χ1n) is 5.31. The van der Waals surface area contributed by atoms with Gasteiger partial charge in [0.2, 0.25) is 0 Å². The summed E-state index contributed by atoms with van der Waals surface area (Å²) in [5.41, 5.74) is 0. The third-order valence-corrected chi connectivity index (χ3v) is 2.10. The summed E-state index contributed by atoms with van der Waals surface area (Å²) in [5, 5.41) is 0. The van der Waals surface area contributed by atoms with Gasteiger partial charge in [-0.2, -0.15) is 0 Å². The van der Waals surface area contributed by atoms with Gasteiger partial charge in [-0.15, -0.1) is 0 Å². The molecular formula is C10H24BN3. The highest BCUT2D eigenvalue weighted by Gasteiger charge is 1.98.